The highest BCUT2D eigenvalue weighted by atomic mass is 31.0. The minimum atomic E-state index is -0.365. The number of benzene rings is 1. The van der Waals surface area contributed by atoms with Gasteiger partial charge < -0.3 is 9.64 Å². The Morgan fingerprint density at radius 1 is 1.44 bits per heavy atom. The first-order chi connectivity index (χ1) is 8.65. The van der Waals surface area contributed by atoms with Crippen LogP contribution in [-0.4, -0.2) is 41.9 Å². The molecule has 0 radical (unpaired) electrons. The maximum Gasteiger partial charge on any atom is 0.271 e. The molecule has 2 unspecified atom stereocenters. The maximum absolute atomic E-state index is 10.8. The van der Waals surface area contributed by atoms with Crippen LogP contribution in [0.5, 0.6) is 5.75 Å². The van der Waals surface area contributed by atoms with Gasteiger partial charge in [0.15, 0.2) is 0 Å². The largest absolute Gasteiger partial charge is 0.489 e. The third kappa shape index (κ3) is 1.91. The predicted octanol–water partition coefficient (Wildman–Crippen LogP) is 1.27. The van der Waals surface area contributed by atoms with Gasteiger partial charge in [-0.2, -0.15) is 0 Å². The third-order valence-electron chi connectivity index (χ3n) is 3.41. The van der Waals surface area contributed by atoms with Crippen molar-refractivity contribution in [1.82, 2.24) is 4.67 Å². The standard InChI is InChI=1S/C11H14N3O3P/c15-14(16)8-1-2-11-10(5-8)13-4-3-12(18)6-9(13)7-17-11/h1-2,5,9H,3-4,6-7,18H2. The molecule has 0 bridgehead atoms. The Labute approximate surface area is 107 Å². The van der Waals surface area contributed by atoms with Crippen LogP contribution in [-0.2, 0) is 0 Å². The predicted molar refractivity (Wildman–Crippen MR) is 71.0 cm³/mol. The molecule has 0 spiro atoms. The van der Waals surface area contributed by atoms with Gasteiger partial charge in [-0.3, -0.25) is 14.8 Å². The number of fused-ring (bicyclic) bond motifs is 3. The molecule has 6 nitrogen and oxygen atoms in total. The average molecular weight is 267 g/mol. The molecule has 0 aromatic heterocycles. The van der Waals surface area contributed by atoms with Crippen LogP contribution in [0.1, 0.15) is 0 Å². The van der Waals surface area contributed by atoms with Gasteiger partial charge in [0.1, 0.15) is 12.4 Å². The highest BCUT2D eigenvalue weighted by Gasteiger charge is 2.32. The fraction of sp³-hybridized carbons (Fsp3) is 0.455. The average Bonchev–Trinajstić information content (AvgIpc) is 2.37. The number of hydrogen-bond acceptors (Lipinski definition) is 5. The van der Waals surface area contributed by atoms with Crippen molar-refractivity contribution in [2.75, 3.05) is 31.1 Å². The lowest BCUT2D eigenvalue weighted by atomic mass is 10.1. The summed E-state index contributed by atoms with van der Waals surface area (Å²) in [6.07, 6.45) is 0. The lowest BCUT2D eigenvalue weighted by molar-refractivity contribution is -0.384. The van der Waals surface area contributed by atoms with Crippen molar-refractivity contribution < 1.29 is 9.66 Å². The molecular weight excluding hydrogens is 253 g/mol. The van der Waals surface area contributed by atoms with Crippen LogP contribution in [0, 0.1) is 10.1 Å². The van der Waals surface area contributed by atoms with Crippen molar-refractivity contribution in [3.05, 3.63) is 28.3 Å². The first-order valence-electron chi connectivity index (χ1n) is 5.82. The van der Waals surface area contributed by atoms with E-state index < -0.39 is 0 Å². The molecule has 1 aromatic rings. The number of hydrogen-bond donors (Lipinski definition) is 0. The summed E-state index contributed by atoms with van der Waals surface area (Å²) in [5.41, 5.74) is 0.963. The SMILES string of the molecule is O=[N+]([O-])c1ccc2c(c1)N1CCN(P)CC1CO2. The molecule has 18 heavy (non-hydrogen) atoms. The van der Waals surface area contributed by atoms with E-state index in [2.05, 4.69) is 19.0 Å². The molecule has 96 valence electrons. The summed E-state index contributed by atoms with van der Waals surface area (Å²) in [5.74, 6) is 0.744. The van der Waals surface area contributed by atoms with E-state index in [0.29, 0.717) is 6.61 Å². The Morgan fingerprint density at radius 3 is 3.06 bits per heavy atom. The lowest BCUT2D eigenvalue weighted by Gasteiger charge is -2.44. The highest BCUT2D eigenvalue weighted by Crippen LogP contribution is 2.38. The molecule has 0 N–H and O–H groups in total. The quantitative estimate of drug-likeness (QED) is 0.435. The molecule has 2 aliphatic heterocycles. The zero-order valence-corrected chi connectivity index (χ0v) is 10.9. The number of nitro groups is 1. The number of piperazine rings is 1. The monoisotopic (exact) mass is 267 g/mol. The minimum absolute atomic E-state index is 0.117. The first kappa shape index (κ1) is 11.7. The zero-order chi connectivity index (χ0) is 12.7. The van der Waals surface area contributed by atoms with Crippen LogP contribution < -0.4 is 9.64 Å². The molecule has 2 aliphatic rings. The van der Waals surface area contributed by atoms with Crippen LogP contribution >= 0.6 is 9.39 Å². The van der Waals surface area contributed by atoms with Gasteiger partial charge in [0.25, 0.3) is 5.69 Å². The van der Waals surface area contributed by atoms with Gasteiger partial charge in [-0.1, -0.05) is 9.39 Å². The molecule has 0 saturated carbocycles. The third-order valence-corrected chi connectivity index (χ3v) is 3.88. The second-order valence-corrected chi connectivity index (χ2v) is 5.29. The lowest BCUT2D eigenvalue weighted by Crippen LogP contribution is -2.54. The van der Waals surface area contributed by atoms with Crippen LogP contribution in [0.3, 0.4) is 0 Å². The second kappa shape index (κ2) is 4.37. The Bertz CT molecular complexity index is 496. The minimum Gasteiger partial charge on any atom is -0.489 e. The summed E-state index contributed by atoms with van der Waals surface area (Å²) >= 11 is 0. The zero-order valence-electron chi connectivity index (χ0n) is 9.78. The number of nitro benzene ring substituents is 1. The van der Waals surface area contributed by atoms with Gasteiger partial charge in [-0.15, -0.1) is 0 Å². The van der Waals surface area contributed by atoms with E-state index in [1.54, 1.807) is 12.1 Å². The number of nitrogens with zero attached hydrogens (tertiary/aromatic N) is 3. The summed E-state index contributed by atoms with van der Waals surface area (Å²) < 4.78 is 7.85. The number of non-ortho nitro benzene ring substituents is 1. The fourth-order valence-electron chi connectivity index (χ4n) is 2.49. The smallest absolute Gasteiger partial charge is 0.271 e. The molecule has 1 saturated heterocycles. The number of ether oxygens (including phenoxy) is 1. The second-order valence-electron chi connectivity index (χ2n) is 4.56. The number of rotatable bonds is 1. The van der Waals surface area contributed by atoms with E-state index in [1.165, 1.54) is 6.07 Å². The van der Waals surface area contributed by atoms with Gasteiger partial charge in [0.05, 0.1) is 16.7 Å². The summed E-state index contributed by atoms with van der Waals surface area (Å²) in [4.78, 5) is 12.7. The van der Waals surface area contributed by atoms with Crippen LogP contribution in [0.15, 0.2) is 18.2 Å². The molecule has 7 heteroatoms. The van der Waals surface area contributed by atoms with E-state index >= 15 is 0 Å². The first-order valence-corrected chi connectivity index (χ1v) is 6.34. The molecule has 1 aromatic carbocycles. The van der Waals surface area contributed by atoms with Crippen molar-refractivity contribution >= 4 is 20.8 Å². The van der Waals surface area contributed by atoms with Crippen LogP contribution in [0.2, 0.25) is 0 Å². The summed E-state index contributed by atoms with van der Waals surface area (Å²) in [6, 6.07) is 5.06. The highest BCUT2D eigenvalue weighted by molar-refractivity contribution is 7.13. The fourth-order valence-corrected chi connectivity index (χ4v) is 2.85. The molecule has 0 amide bonds. The Hall–Kier alpha value is -1.39. The molecule has 2 heterocycles. The van der Waals surface area contributed by atoms with Crippen molar-refractivity contribution in [3.8, 4) is 5.75 Å². The van der Waals surface area contributed by atoms with Crippen LogP contribution in [0.4, 0.5) is 11.4 Å². The van der Waals surface area contributed by atoms with E-state index in [-0.39, 0.29) is 16.7 Å². The molecular formula is C11H14N3O3P. The van der Waals surface area contributed by atoms with Gasteiger partial charge in [0, 0.05) is 31.8 Å². The van der Waals surface area contributed by atoms with Crippen molar-refractivity contribution in [2.45, 2.75) is 6.04 Å². The Morgan fingerprint density at radius 2 is 2.28 bits per heavy atom. The summed E-state index contributed by atoms with van der Waals surface area (Å²) in [5, 5.41) is 10.8. The summed E-state index contributed by atoms with van der Waals surface area (Å²) in [7, 11) is 2.70. The van der Waals surface area contributed by atoms with Crippen molar-refractivity contribution in [1.29, 1.82) is 0 Å². The normalized spacial score (nSPS) is 22.9. The maximum atomic E-state index is 10.8. The summed E-state index contributed by atoms with van der Waals surface area (Å²) in [6.45, 7) is 3.33. The van der Waals surface area contributed by atoms with Gasteiger partial charge in [-0.25, -0.2) is 0 Å². The van der Waals surface area contributed by atoms with Crippen molar-refractivity contribution in [3.63, 3.8) is 0 Å². The van der Waals surface area contributed by atoms with E-state index in [9.17, 15) is 10.1 Å². The Kier molecular flexibility index (Phi) is 2.84. The van der Waals surface area contributed by atoms with E-state index in [4.69, 9.17) is 4.74 Å². The van der Waals surface area contributed by atoms with Crippen LogP contribution in [0.25, 0.3) is 0 Å². The molecule has 1 fully saturated rings. The topological polar surface area (TPSA) is 58.9 Å². The van der Waals surface area contributed by atoms with Crippen molar-refractivity contribution in [2.24, 2.45) is 0 Å². The van der Waals surface area contributed by atoms with E-state index in [1.807, 2.05) is 0 Å². The molecule has 3 rings (SSSR count). The Balaban J connectivity index is 1.97. The molecule has 2 atom stereocenters. The van der Waals surface area contributed by atoms with E-state index in [0.717, 1.165) is 31.1 Å². The van der Waals surface area contributed by atoms with Gasteiger partial charge in [0.2, 0.25) is 0 Å². The van der Waals surface area contributed by atoms with Gasteiger partial charge >= 0.3 is 0 Å². The van der Waals surface area contributed by atoms with Gasteiger partial charge in [-0.05, 0) is 6.07 Å². The number of anilines is 1. The molecule has 0 aliphatic carbocycles.